The number of carbonyl (C=O) groups is 3. The third-order valence-corrected chi connectivity index (χ3v) is 8.51. The van der Waals surface area contributed by atoms with Crippen molar-refractivity contribution in [1.29, 1.82) is 0 Å². The molecule has 3 N–H and O–H groups in total. The smallest absolute Gasteiger partial charge is 0.309 e. The lowest BCUT2D eigenvalue weighted by molar-refractivity contribution is -0.120. The van der Waals surface area contributed by atoms with Crippen LogP contribution in [0.5, 0.6) is 0 Å². The predicted octanol–water partition coefficient (Wildman–Crippen LogP) is 3.65. The highest BCUT2D eigenvalue weighted by Gasteiger charge is 2.34. The number of fused-ring (bicyclic) bond motifs is 1. The van der Waals surface area contributed by atoms with Crippen LogP contribution in [0.15, 0.2) is 53.5 Å². The summed E-state index contributed by atoms with van der Waals surface area (Å²) in [6.07, 6.45) is 3.03. The molecular formula is C27H33N5O5S. The average molecular weight is 540 g/mol. The molecule has 0 radical (unpaired) electrons. The Morgan fingerprint density at radius 1 is 1.08 bits per heavy atom. The van der Waals surface area contributed by atoms with Crippen molar-refractivity contribution >= 4 is 45.0 Å². The molecule has 1 fully saturated rings. The third kappa shape index (κ3) is 5.88. The van der Waals surface area contributed by atoms with Gasteiger partial charge in [0.25, 0.3) is 11.8 Å². The van der Waals surface area contributed by atoms with Crippen LogP contribution in [0.25, 0.3) is 0 Å². The predicted molar refractivity (Wildman–Crippen MR) is 147 cm³/mol. The van der Waals surface area contributed by atoms with Gasteiger partial charge < -0.3 is 15.5 Å². The fraction of sp³-hybridized carbons (Fsp3) is 0.407. The van der Waals surface area contributed by atoms with Gasteiger partial charge in [-0.2, -0.15) is 0 Å². The first-order valence-electron chi connectivity index (χ1n) is 12.8. The largest absolute Gasteiger partial charge is 0.321 e. The van der Waals surface area contributed by atoms with E-state index in [1.54, 1.807) is 11.0 Å². The number of hydrogen-bond acceptors (Lipinski definition) is 6. The van der Waals surface area contributed by atoms with Crippen LogP contribution in [-0.2, 0) is 14.8 Å². The Hall–Kier alpha value is -3.73. The minimum absolute atomic E-state index is 0.0618. The number of sulfonamides is 1. The van der Waals surface area contributed by atoms with E-state index in [1.165, 1.54) is 32.0 Å². The van der Waals surface area contributed by atoms with Gasteiger partial charge in [0.2, 0.25) is 16.2 Å². The van der Waals surface area contributed by atoms with Crippen molar-refractivity contribution in [2.45, 2.75) is 57.9 Å². The van der Waals surface area contributed by atoms with Crippen LogP contribution in [0, 0.1) is 5.92 Å². The van der Waals surface area contributed by atoms with Crippen molar-refractivity contribution in [3.05, 3.63) is 59.7 Å². The highest BCUT2D eigenvalue weighted by molar-refractivity contribution is 7.90. The van der Waals surface area contributed by atoms with E-state index in [1.807, 2.05) is 35.9 Å². The minimum atomic E-state index is -3.81. The minimum Gasteiger partial charge on any atom is -0.309 e. The van der Waals surface area contributed by atoms with Gasteiger partial charge in [-0.1, -0.05) is 37.1 Å². The molecule has 0 saturated heterocycles. The first kappa shape index (κ1) is 27.3. The monoisotopic (exact) mass is 539 g/mol. The summed E-state index contributed by atoms with van der Waals surface area (Å²) in [5, 5.41) is 4.54. The number of anilines is 2. The summed E-state index contributed by atoms with van der Waals surface area (Å²) in [7, 11) is -3.81. The Balaban J connectivity index is 1.55. The van der Waals surface area contributed by atoms with E-state index in [4.69, 9.17) is 4.99 Å². The number of para-hydroxylation sites is 1. The maximum Gasteiger partial charge on any atom is 0.321 e. The summed E-state index contributed by atoms with van der Waals surface area (Å²) in [4.78, 5) is 45.3. The summed E-state index contributed by atoms with van der Waals surface area (Å²) < 4.78 is 26.1. The Kier molecular flexibility index (Phi) is 8.15. The van der Waals surface area contributed by atoms with E-state index in [-0.39, 0.29) is 23.1 Å². The number of nitrogens with one attached hydrogen (secondary N) is 3. The van der Waals surface area contributed by atoms with Gasteiger partial charge in [0, 0.05) is 29.3 Å². The van der Waals surface area contributed by atoms with Crippen LogP contribution in [0.4, 0.5) is 16.2 Å². The van der Waals surface area contributed by atoms with E-state index in [0.717, 1.165) is 42.6 Å². The van der Waals surface area contributed by atoms with Crippen molar-refractivity contribution in [3.8, 4) is 0 Å². The molecule has 38 heavy (non-hydrogen) atoms. The molecule has 1 aliphatic heterocycles. The van der Waals surface area contributed by atoms with Crippen molar-refractivity contribution in [1.82, 2.24) is 10.0 Å². The quantitative estimate of drug-likeness (QED) is 0.493. The molecule has 0 aromatic heterocycles. The maximum atomic E-state index is 13.5. The second-order valence-electron chi connectivity index (χ2n) is 9.70. The summed E-state index contributed by atoms with van der Waals surface area (Å²) in [5.74, 6) is -0.926. The molecular weight excluding hydrogens is 506 g/mol. The molecule has 2 aromatic carbocycles. The molecule has 2 aliphatic rings. The highest BCUT2D eigenvalue weighted by Crippen LogP contribution is 2.34. The Labute approximate surface area is 223 Å². The van der Waals surface area contributed by atoms with Gasteiger partial charge in [0.05, 0.1) is 16.6 Å². The zero-order valence-corrected chi connectivity index (χ0v) is 22.5. The first-order chi connectivity index (χ1) is 18.1. The molecule has 1 saturated carbocycles. The number of benzene rings is 2. The van der Waals surface area contributed by atoms with Crippen LogP contribution in [-0.4, -0.2) is 49.9 Å². The topological polar surface area (TPSA) is 137 Å². The van der Waals surface area contributed by atoms with Crippen molar-refractivity contribution in [2.24, 2.45) is 10.9 Å². The lowest BCUT2D eigenvalue weighted by Crippen LogP contribution is -2.48. The molecule has 2 aromatic rings. The highest BCUT2D eigenvalue weighted by atomic mass is 32.2. The maximum absolute atomic E-state index is 13.5. The summed E-state index contributed by atoms with van der Waals surface area (Å²) in [5.41, 5.74) is 2.85. The molecule has 1 aliphatic carbocycles. The molecule has 4 rings (SSSR count). The molecule has 0 bridgehead atoms. The molecule has 0 unspecified atom stereocenters. The Morgan fingerprint density at radius 2 is 1.79 bits per heavy atom. The number of nitrogens with zero attached hydrogens (tertiary/aromatic N) is 2. The molecule has 0 spiro atoms. The van der Waals surface area contributed by atoms with Crippen molar-refractivity contribution in [2.75, 3.05) is 16.8 Å². The van der Waals surface area contributed by atoms with Crippen LogP contribution in [0.2, 0.25) is 0 Å². The fourth-order valence-electron chi connectivity index (χ4n) is 4.74. The van der Waals surface area contributed by atoms with E-state index >= 15 is 0 Å². The van der Waals surface area contributed by atoms with Gasteiger partial charge in [-0.3, -0.25) is 14.6 Å². The van der Waals surface area contributed by atoms with Gasteiger partial charge in [0.1, 0.15) is 0 Å². The third-order valence-electron chi connectivity index (χ3n) is 6.80. The lowest BCUT2D eigenvalue weighted by atomic mass is 9.94. The second-order valence-corrected chi connectivity index (χ2v) is 11.9. The number of hydrogen-bond donors (Lipinski definition) is 3. The lowest BCUT2D eigenvalue weighted by Gasteiger charge is -2.24. The molecule has 10 nitrogen and oxygen atoms in total. The van der Waals surface area contributed by atoms with E-state index < -0.39 is 33.4 Å². The number of rotatable bonds is 7. The van der Waals surface area contributed by atoms with Gasteiger partial charge >= 0.3 is 6.03 Å². The fourth-order valence-corrected chi connectivity index (χ4v) is 5.35. The number of urea groups is 1. The van der Waals surface area contributed by atoms with Crippen molar-refractivity contribution in [3.63, 3.8) is 0 Å². The summed E-state index contributed by atoms with van der Waals surface area (Å²) >= 11 is 0. The zero-order chi connectivity index (χ0) is 27.4. The van der Waals surface area contributed by atoms with Crippen molar-refractivity contribution < 1.29 is 22.8 Å². The normalized spacial score (nSPS) is 18.0. The first-order valence-corrected chi connectivity index (χ1v) is 14.4. The van der Waals surface area contributed by atoms with Crippen LogP contribution in [0.3, 0.4) is 0 Å². The number of likely N-dealkylation sites (N-methyl/N-ethyl adjacent to an activating group) is 1. The molecule has 1 atom stereocenters. The van der Waals surface area contributed by atoms with E-state index in [2.05, 4.69) is 10.6 Å². The number of amides is 4. The standard InChI is InChI=1S/C27H33N5O5S/c1-4-32-22-15-8-7-14-21(22)23(18-10-5-6-11-18)29-24(26(32)34)30-27(35)28-20-13-9-12-19(16-20)25(33)31-38(36,37)17(2)3/h7-9,12-18,24H,4-6,10-11H2,1-3H3,(H,31,33)(H2,28,30,35)/t24-/m0/s1. The van der Waals surface area contributed by atoms with Crippen LogP contribution in [0.1, 0.15) is 62.4 Å². The number of benzodiazepines with no additional fused rings is 1. The molecule has 1 heterocycles. The average Bonchev–Trinajstić information content (AvgIpc) is 3.38. The van der Waals surface area contributed by atoms with E-state index in [9.17, 15) is 22.8 Å². The SMILES string of the molecule is CCN1C(=O)[C@H](NC(=O)Nc2cccc(C(=O)NS(=O)(=O)C(C)C)c2)N=C(C2CCCC2)c2ccccc21. The van der Waals surface area contributed by atoms with Gasteiger partial charge in [-0.15, -0.1) is 0 Å². The van der Waals surface area contributed by atoms with E-state index in [0.29, 0.717) is 6.54 Å². The van der Waals surface area contributed by atoms with Crippen LogP contribution < -0.4 is 20.3 Å². The zero-order valence-electron chi connectivity index (χ0n) is 21.7. The van der Waals surface area contributed by atoms with Gasteiger partial charge in [0.15, 0.2) is 0 Å². The second kappa shape index (κ2) is 11.3. The van der Waals surface area contributed by atoms with Gasteiger partial charge in [-0.25, -0.2) is 17.9 Å². The van der Waals surface area contributed by atoms with Gasteiger partial charge in [-0.05, 0) is 57.9 Å². The summed E-state index contributed by atoms with van der Waals surface area (Å²) in [6.45, 7) is 5.22. The number of carbonyl (C=O) groups excluding carboxylic acids is 3. The molecule has 11 heteroatoms. The Morgan fingerprint density at radius 3 is 2.47 bits per heavy atom. The van der Waals surface area contributed by atoms with Crippen LogP contribution >= 0.6 is 0 Å². The Bertz CT molecular complexity index is 1370. The summed E-state index contributed by atoms with van der Waals surface area (Å²) in [6, 6.07) is 12.9. The number of aliphatic imine (C=N–C) groups is 1. The molecule has 202 valence electrons. The molecule has 4 amide bonds.